The van der Waals surface area contributed by atoms with Crippen LogP contribution in [0.4, 0.5) is 5.13 Å². The molecular weight excluding hydrogens is 396 g/mol. The quantitative estimate of drug-likeness (QED) is 0.568. The molecule has 0 saturated heterocycles. The highest BCUT2D eigenvalue weighted by Gasteiger charge is 2.15. The van der Waals surface area contributed by atoms with Crippen molar-refractivity contribution in [1.82, 2.24) is 4.98 Å². The molecule has 0 atom stereocenters. The van der Waals surface area contributed by atoms with Gasteiger partial charge in [0.15, 0.2) is 5.13 Å². The van der Waals surface area contributed by atoms with Crippen molar-refractivity contribution >= 4 is 38.3 Å². The zero-order chi connectivity index (χ0) is 18.0. The fourth-order valence-corrected chi connectivity index (χ4v) is 3.71. The van der Waals surface area contributed by atoms with E-state index in [1.54, 1.807) is 0 Å². The first-order valence-corrected chi connectivity index (χ1v) is 9.73. The normalized spacial score (nSPS) is 10.7. The number of benzene rings is 2. The Kier molecular flexibility index (Phi) is 5.35. The van der Waals surface area contributed by atoms with Gasteiger partial charge in [-0.2, -0.15) is 0 Å². The van der Waals surface area contributed by atoms with Crippen molar-refractivity contribution in [3.05, 3.63) is 68.5 Å². The van der Waals surface area contributed by atoms with Gasteiger partial charge in [-0.25, -0.2) is 4.98 Å². The number of carbonyl (C=O) groups is 1. The maximum absolute atomic E-state index is 12.5. The Morgan fingerprint density at radius 2 is 1.84 bits per heavy atom. The Hall–Kier alpha value is -1.98. The molecule has 0 bridgehead atoms. The summed E-state index contributed by atoms with van der Waals surface area (Å²) in [5.74, 6) is -0.123. The molecule has 128 valence electrons. The third kappa shape index (κ3) is 3.99. The van der Waals surface area contributed by atoms with Gasteiger partial charge in [0.1, 0.15) is 0 Å². The predicted molar refractivity (Wildman–Crippen MR) is 108 cm³/mol. The second kappa shape index (κ2) is 7.50. The minimum absolute atomic E-state index is 0.123. The second-order valence-corrected chi connectivity index (χ2v) is 7.90. The van der Waals surface area contributed by atoms with Gasteiger partial charge in [-0.3, -0.25) is 10.1 Å². The molecule has 0 radical (unpaired) electrons. The maximum atomic E-state index is 12.5. The Labute approximate surface area is 160 Å². The number of aryl methyl sites for hydroxylation is 3. The van der Waals surface area contributed by atoms with Crippen LogP contribution in [-0.2, 0) is 6.42 Å². The summed E-state index contributed by atoms with van der Waals surface area (Å²) in [4.78, 5) is 18.3. The molecule has 0 fully saturated rings. The van der Waals surface area contributed by atoms with Crippen molar-refractivity contribution in [2.45, 2.75) is 27.2 Å². The Morgan fingerprint density at radius 3 is 2.48 bits per heavy atom. The van der Waals surface area contributed by atoms with E-state index in [2.05, 4.69) is 33.2 Å². The molecule has 0 spiro atoms. The molecule has 0 saturated carbocycles. The number of aromatic nitrogens is 1. The van der Waals surface area contributed by atoms with Crippen molar-refractivity contribution in [1.29, 1.82) is 0 Å². The molecule has 0 aliphatic carbocycles. The minimum atomic E-state index is -0.123. The second-order valence-electron chi connectivity index (χ2n) is 5.90. The summed E-state index contributed by atoms with van der Waals surface area (Å²) in [7, 11) is 0. The molecule has 2 aromatic carbocycles. The van der Waals surface area contributed by atoms with Crippen LogP contribution in [0.2, 0.25) is 0 Å². The Morgan fingerprint density at radius 1 is 1.12 bits per heavy atom. The first kappa shape index (κ1) is 17.8. The number of hydrogen-bond donors (Lipinski definition) is 1. The molecule has 0 aliphatic heterocycles. The largest absolute Gasteiger partial charge is 0.298 e. The minimum Gasteiger partial charge on any atom is -0.298 e. The summed E-state index contributed by atoms with van der Waals surface area (Å²) in [6.07, 6.45) is 0.878. The van der Waals surface area contributed by atoms with Gasteiger partial charge in [0.05, 0.1) is 5.69 Å². The van der Waals surface area contributed by atoms with Crippen molar-refractivity contribution in [3.8, 4) is 11.3 Å². The van der Waals surface area contributed by atoms with Crippen LogP contribution in [0.1, 0.15) is 33.3 Å². The molecule has 1 heterocycles. The number of halogens is 1. The van der Waals surface area contributed by atoms with Crippen LogP contribution in [0, 0.1) is 13.8 Å². The first-order valence-electron chi connectivity index (χ1n) is 8.12. The summed E-state index contributed by atoms with van der Waals surface area (Å²) < 4.78 is 1.03. The van der Waals surface area contributed by atoms with Gasteiger partial charge >= 0.3 is 0 Å². The first-order chi connectivity index (χ1) is 12.0. The molecule has 3 rings (SSSR count). The molecular formula is C20H19BrN2OS. The summed E-state index contributed by atoms with van der Waals surface area (Å²) in [5, 5.41) is 3.58. The van der Waals surface area contributed by atoms with Gasteiger partial charge in [-0.15, -0.1) is 11.3 Å². The average molecular weight is 415 g/mol. The summed E-state index contributed by atoms with van der Waals surface area (Å²) >= 11 is 4.99. The van der Waals surface area contributed by atoms with Crippen LogP contribution >= 0.6 is 27.3 Å². The third-order valence-electron chi connectivity index (χ3n) is 4.13. The molecule has 3 nitrogen and oxygen atoms in total. The van der Waals surface area contributed by atoms with E-state index in [-0.39, 0.29) is 5.91 Å². The number of anilines is 1. The van der Waals surface area contributed by atoms with Gasteiger partial charge in [-0.05, 0) is 55.7 Å². The predicted octanol–water partition coefficient (Wildman–Crippen LogP) is 6.00. The molecule has 0 unspecified atom stereocenters. The van der Waals surface area contributed by atoms with Crippen LogP contribution in [0.3, 0.4) is 0 Å². The molecule has 1 amide bonds. The molecule has 1 aromatic heterocycles. The van der Waals surface area contributed by atoms with Gasteiger partial charge in [-0.1, -0.05) is 41.1 Å². The van der Waals surface area contributed by atoms with Gasteiger partial charge in [0, 0.05) is 20.5 Å². The number of amides is 1. The smallest absolute Gasteiger partial charge is 0.257 e. The molecule has 3 aromatic rings. The molecule has 1 N–H and O–H groups in total. The highest BCUT2D eigenvalue weighted by molar-refractivity contribution is 9.10. The SMILES string of the molecule is CCc1sc(NC(=O)c2ccc(C)c(C)c2)nc1-c1ccc(Br)cc1. The Bertz CT molecular complexity index is 916. The number of nitrogens with one attached hydrogen (secondary N) is 1. The lowest BCUT2D eigenvalue weighted by molar-refractivity contribution is 0.102. The van der Waals surface area contributed by atoms with Crippen molar-refractivity contribution in [2.75, 3.05) is 5.32 Å². The van der Waals surface area contributed by atoms with E-state index in [1.165, 1.54) is 16.9 Å². The fourth-order valence-electron chi connectivity index (χ4n) is 2.53. The zero-order valence-electron chi connectivity index (χ0n) is 14.4. The van der Waals surface area contributed by atoms with E-state index in [0.717, 1.165) is 32.6 Å². The molecule has 25 heavy (non-hydrogen) atoms. The summed E-state index contributed by atoms with van der Waals surface area (Å²) in [6, 6.07) is 13.8. The van der Waals surface area contributed by atoms with Crippen molar-refractivity contribution < 1.29 is 4.79 Å². The zero-order valence-corrected chi connectivity index (χ0v) is 16.8. The van der Waals surface area contributed by atoms with Gasteiger partial charge in [0.25, 0.3) is 5.91 Å². The average Bonchev–Trinajstić information content (AvgIpc) is 3.00. The number of hydrogen-bond acceptors (Lipinski definition) is 3. The van der Waals surface area contributed by atoms with E-state index >= 15 is 0 Å². The number of carbonyl (C=O) groups excluding carboxylic acids is 1. The monoisotopic (exact) mass is 414 g/mol. The lowest BCUT2D eigenvalue weighted by atomic mass is 10.1. The van der Waals surface area contributed by atoms with Crippen molar-refractivity contribution in [3.63, 3.8) is 0 Å². The lowest BCUT2D eigenvalue weighted by Gasteiger charge is -2.05. The van der Waals surface area contributed by atoms with E-state index in [0.29, 0.717) is 10.7 Å². The van der Waals surface area contributed by atoms with E-state index < -0.39 is 0 Å². The lowest BCUT2D eigenvalue weighted by Crippen LogP contribution is -2.12. The fraction of sp³-hybridized carbons (Fsp3) is 0.200. The van der Waals surface area contributed by atoms with Crippen LogP contribution in [0.15, 0.2) is 46.9 Å². The topological polar surface area (TPSA) is 42.0 Å². The Balaban J connectivity index is 1.86. The van der Waals surface area contributed by atoms with E-state index in [4.69, 9.17) is 0 Å². The summed E-state index contributed by atoms with van der Waals surface area (Å²) in [6.45, 7) is 6.15. The standard InChI is InChI=1S/C20H19BrN2OS/c1-4-17-18(14-7-9-16(21)10-8-14)22-20(25-17)23-19(24)15-6-5-12(2)13(3)11-15/h5-11H,4H2,1-3H3,(H,22,23,24). The highest BCUT2D eigenvalue weighted by atomic mass is 79.9. The van der Waals surface area contributed by atoms with E-state index in [9.17, 15) is 4.79 Å². The number of nitrogens with zero attached hydrogens (tertiary/aromatic N) is 1. The summed E-state index contributed by atoms with van der Waals surface area (Å²) in [5.41, 5.74) is 4.94. The van der Waals surface area contributed by atoms with Crippen molar-refractivity contribution in [2.24, 2.45) is 0 Å². The maximum Gasteiger partial charge on any atom is 0.257 e. The van der Waals surface area contributed by atoms with Crippen LogP contribution in [0.5, 0.6) is 0 Å². The number of thiazole rings is 1. The van der Waals surface area contributed by atoms with E-state index in [1.807, 2.05) is 56.3 Å². The van der Waals surface area contributed by atoms with Crippen LogP contribution in [0.25, 0.3) is 11.3 Å². The van der Waals surface area contributed by atoms with Crippen LogP contribution < -0.4 is 5.32 Å². The van der Waals surface area contributed by atoms with Gasteiger partial charge in [0.2, 0.25) is 0 Å². The molecule has 5 heteroatoms. The third-order valence-corrected chi connectivity index (χ3v) is 5.77. The molecule has 0 aliphatic rings. The number of rotatable bonds is 4. The highest BCUT2D eigenvalue weighted by Crippen LogP contribution is 2.32. The van der Waals surface area contributed by atoms with Crippen LogP contribution in [-0.4, -0.2) is 10.9 Å². The van der Waals surface area contributed by atoms with Gasteiger partial charge < -0.3 is 0 Å².